The smallest absolute Gasteiger partial charge is 0.343 e. The molecular formula is C13H13ClN6O2. The molecule has 0 saturated carbocycles. The van der Waals surface area contributed by atoms with Crippen molar-refractivity contribution in [2.45, 2.75) is 13.0 Å². The van der Waals surface area contributed by atoms with E-state index in [1.165, 1.54) is 4.90 Å². The lowest BCUT2D eigenvalue weighted by Gasteiger charge is -2.14. The molecule has 1 amide bonds. The average Bonchev–Trinajstić information content (AvgIpc) is 2.86. The van der Waals surface area contributed by atoms with Crippen LogP contribution in [0.25, 0.3) is 5.69 Å². The van der Waals surface area contributed by atoms with Crippen LogP contribution in [0, 0.1) is 11.3 Å². The first-order valence-electron chi connectivity index (χ1n) is 6.43. The summed E-state index contributed by atoms with van der Waals surface area (Å²) < 4.78 is 1.99. The van der Waals surface area contributed by atoms with Gasteiger partial charge in [0.15, 0.2) is 0 Å². The first kappa shape index (κ1) is 15.7. The zero-order valence-corrected chi connectivity index (χ0v) is 12.6. The van der Waals surface area contributed by atoms with Crippen molar-refractivity contribution >= 4 is 17.5 Å². The van der Waals surface area contributed by atoms with Gasteiger partial charge in [0.25, 0.3) is 0 Å². The van der Waals surface area contributed by atoms with Crippen LogP contribution in [0.1, 0.15) is 6.42 Å². The van der Waals surface area contributed by atoms with Gasteiger partial charge in [-0.1, -0.05) is 23.7 Å². The lowest BCUT2D eigenvalue weighted by Crippen LogP contribution is -2.35. The Bertz CT molecular complexity index is 775. The molecule has 114 valence electrons. The van der Waals surface area contributed by atoms with Crippen molar-refractivity contribution in [1.82, 2.24) is 24.7 Å². The van der Waals surface area contributed by atoms with Gasteiger partial charge in [0.05, 0.1) is 23.2 Å². The number of halogens is 1. The van der Waals surface area contributed by atoms with Crippen LogP contribution >= 0.6 is 11.6 Å². The molecule has 0 atom stereocenters. The van der Waals surface area contributed by atoms with E-state index in [4.69, 9.17) is 16.9 Å². The fraction of sp³-hybridized carbons (Fsp3) is 0.308. The van der Waals surface area contributed by atoms with Crippen LogP contribution in [0.2, 0.25) is 5.02 Å². The number of hydrogen-bond donors (Lipinski definition) is 0. The number of rotatable bonds is 5. The minimum absolute atomic E-state index is 0.226. The van der Waals surface area contributed by atoms with Crippen molar-refractivity contribution in [1.29, 1.82) is 5.26 Å². The van der Waals surface area contributed by atoms with Crippen LogP contribution in [0.15, 0.2) is 29.1 Å². The Hall–Kier alpha value is -2.66. The van der Waals surface area contributed by atoms with E-state index < -0.39 is 5.69 Å². The normalized spacial score (nSPS) is 10.2. The first-order chi connectivity index (χ1) is 10.5. The van der Waals surface area contributed by atoms with Crippen LogP contribution in [0.5, 0.6) is 0 Å². The van der Waals surface area contributed by atoms with E-state index in [1.807, 2.05) is 6.07 Å². The molecule has 0 radical (unpaired) electrons. The fourth-order valence-electron chi connectivity index (χ4n) is 1.74. The number of para-hydroxylation sites is 1. The number of carbonyl (C=O) groups is 1. The van der Waals surface area contributed by atoms with E-state index >= 15 is 0 Å². The number of nitrogens with zero attached hydrogens (tertiary/aromatic N) is 6. The quantitative estimate of drug-likeness (QED) is 0.797. The maximum atomic E-state index is 12.2. The topological polar surface area (TPSA) is 96.8 Å². The standard InChI is InChI=1S/C13H13ClN6O2/c1-18(8-4-7-15)12(21)9-19-13(22)20(17-16-19)11-6-3-2-5-10(11)14/h2-3,5-6H,4,8-9H2,1H3. The zero-order valence-electron chi connectivity index (χ0n) is 11.8. The van der Waals surface area contributed by atoms with E-state index in [1.54, 1.807) is 31.3 Å². The molecule has 0 aliphatic heterocycles. The number of benzene rings is 1. The van der Waals surface area contributed by atoms with Gasteiger partial charge in [-0.15, -0.1) is 0 Å². The molecule has 1 heterocycles. The van der Waals surface area contributed by atoms with Crippen LogP contribution < -0.4 is 5.69 Å². The van der Waals surface area contributed by atoms with Gasteiger partial charge in [-0.05, 0) is 22.6 Å². The SMILES string of the molecule is CN(CCC#N)C(=O)Cn1nnn(-c2ccccc2Cl)c1=O. The number of nitriles is 1. The molecule has 2 rings (SSSR count). The van der Waals surface area contributed by atoms with Crippen LogP contribution in [-0.4, -0.2) is 44.2 Å². The van der Waals surface area contributed by atoms with Crippen molar-refractivity contribution < 1.29 is 4.79 Å². The molecule has 0 aliphatic carbocycles. The second-order valence-corrected chi connectivity index (χ2v) is 4.91. The Morgan fingerprint density at radius 2 is 2.14 bits per heavy atom. The molecule has 22 heavy (non-hydrogen) atoms. The molecule has 1 aromatic carbocycles. The minimum atomic E-state index is -0.560. The lowest BCUT2D eigenvalue weighted by molar-refractivity contribution is -0.130. The Labute approximate surface area is 131 Å². The van der Waals surface area contributed by atoms with E-state index in [2.05, 4.69) is 10.4 Å². The fourth-order valence-corrected chi connectivity index (χ4v) is 1.96. The van der Waals surface area contributed by atoms with Gasteiger partial charge < -0.3 is 4.90 Å². The van der Waals surface area contributed by atoms with Gasteiger partial charge in [-0.25, -0.2) is 4.79 Å². The summed E-state index contributed by atoms with van der Waals surface area (Å²) in [5, 5.41) is 16.3. The van der Waals surface area contributed by atoms with Gasteiger partial charge in [-0.3, -0.25) is 4.79 Å². The summed E-state index contributed by atoms with van der Waals surface area (Å²) in [5.41, 5.74) is -0.166. The Balaban J connectivity index is 2.19. The van der Waals surface area contributed by atoms with Crippen LogP contribution in [0.3, 0.4) is 0 Å². The van der Waals surface area contributed by atoms with Gasteiger partial charge in [-0.2, -0.15) is 14.6 Å². The molecule has 2 aromatic rings. The highest BCUT2D eigenvalue weighted by Gasteiger charge is 2.16. The van der Waals surface area contributed by atoms with Crippen molar-refractivity contribution in [2.75, 3.05) is 13.6 Å². The van der Waals surface area contributed by atoms with Gasteiger partial charge in [0, 0.05) is 13.6 Å². The maximum absolute atomic E-state index is 12.2. The van der Waals surface area contributed by atoms with E-state index in [-0.39, 0.29) is 18.9 Å². The Morgan fingerprint density at radius 3 is 2.82 bits per heavy atom. The molecule has 8 nitrogen and oxygen atoms in total. The molecule has 0 spiro atoms. The van der Waals surface area contributed by atoms with Gasteiger partial charge >= 0.3 is 5.69 Å². The third-order valence-corrected chi connectivity index (χ3v) is 3.31. The number of likely N-dealkylation sites (N-methyl/N-ethyl adjacent to an activating group) is 1. The zero-order chi connectivity index (χ0) is 16.1. The Kier molecular flexibility index (Phi) is 4.91. The van der Waals surface area contributed by atoms with Gasteiger partial charge in [0.1, 0.15) is 6.54 Å². The van der Waals surface area contributed by atoms with Gasteiger partial charge in [0.2, 0.25) is 5.91 Å². The summed E-state index contributed by atoms with van der Waals surface area (Å²) in [6.45, 7) is 0.0496. The maximum Gasteiger partial charge on any atom is 0.369 e. The monoisotopic (exact) mass is 320 g/mol. The Morgan fingerprint density at radius 1 is 1.41 bits per heavy atom. The summed E-state index contributed by atoms with van der Waals surface area (Å²) in [4.78, 5) is 25.5. The first-order valence-corrected chi connectivity index (χ1v) is 6.81. The van der Waals surface area contributed by atoms with Crippen molar-refractivity contribution in [3.63, 3.8) is 0 Å². The number of carbonyl (C=O) groups excluding carboxylic acids is 1. The van der Waals surface area contributed by atoms with Crippen LogP contribution in [0.4, 0.5) is 0 Å². The number of hydrogen-bond acceptors (Lipinski definition) is 5. The van der Waals surface area contributed by atoms with Crippen molar-refractivity contribution in [3.05, 3.63) is 39.8 Å². The van der Waals surface area contributed by atoms with Crippen molar-refractivity contribution in [2.24, 2.45) is 0 Å². The molecule has 0 fully saturated rings. The molecule has 9 heteroatoms. The largest absolute Gasteiger partial charge is 0.369 e. The molecule has 0 bridgehead atoms. The average molecular weight is 321 g/mol. The third kappa shape index (κ3) is 3.32. The highest BCUT2D eigenvalue weighted by molar-refractivity contribution is 6.32. The van der Waals surface area contributed by atoms with E-state index in [0.717, 1.165) is 9.36 Å². The molecule has 0 unspecified atom stereocenters. The highest BCUT2D eigenvalue weighted by atomic mass is 35.5. The van der Waals surface area contributed by atoms with E-state index in [9.17, 15) is 9.59 Å². The van der Waals surface area contributed by atoms with E-state index in [0.29, 0.717) is 17.3 Å². The minimum Gasteiger partial charge on any atom is -0.343 e. The third-order valence-electron chi connectivity index (χ3n) is 2.99. The molecule has 0 N–H and O–H groups in total. The summed E-state index contributed by atoms with van der Waals surface area (Å²) in [6.07, 6.45) is 0.226. The predicted octanol–water partition coefficient (Wildman–Crippen LogP) is 0.454. The van der Waals surface area contributed by atoms with Crippen molar-refractivity contribution in [3.8, 4) is 11.8 Å². The second-order valence-electron chi connectivity index (χ2n) is 4.51. The second kappa shape index (κ2) is 6.87. The summed E-state index contributed by atoms with van der Waals surface area (Å²) >= 11 is 6.01. The summed E-state index contributed by atoms with van der Waals surface area (Å²) in [6, 6.07) is 8.66. The summed E-state index contributed by atoms with van der Waals surface area (Å²) in [5.74, 6) is -0.330. The summed E-state index contributed by atoms with van der Waals surface area (Å²) in [7, 11) is 1.56. The predicted molar refractivity (Wildman–Crippen MR) is 78.5 cm³/mol. The number of tetrazole rings is 1. The molecule has 0 aliphatic rings. The highest BCUT2D eigenvalue weighted by Crippen LogP contribution is 2.16. The van der Waals surface area contributed by atoms with Crippen LogP contribution in [-0.2, 0) is 11.3 Å². The number of amides is 1. The molecular weight excluding hydrogens is 308 g/mol. The molecule has 0 saturated heterocycles. The molecule has 1 aromatic heterocycles. The lowest BCUT2D eigenvalue weighted by atomic mass is 10.3. The number of aromatic nitrogens is 4.